The number of urea groups is 1. The summed E-state index contributed by atoms with van der Waals surface area (Å²) in [5.74, 6) is -4.00. The van der Waals surface area contributed by atoms with Crippen molar-refractivity contribution in [2.75, 3.05) is 19.7 Å². The molecule has 6 nitrogen and oxygen atoms in total. The van der Waals surface area contributed by atoms with E-state index in [1.807, 2.05) is 30.3 Å². The summed E-state index contributed by atoms with van der Waals surface area (Å²) in [7, 11) is 0. The Morgan fingerprint density at radius 2 is 1.88 bits per heavy atom. The Morgan fingerprint density at radius 3 is 2.46 bits per heavy atom. The zero-order chi connectivity index (χ0) is 17.6. The molecule has 2 amide bonds. The number of piperidine rings is 1. The summed E-state index contributed by atoms with van der Waals surface area (Å²) in [6.45, 7) is -0.192. The molecule has 0 aromatic heterocycles. The predicted octanol–water partition coefficient (Wildman–Crippen LogP) is 2.10. The highest BCUT2D eigenvalue weighted by Crippen LogP contribution is 2.27. The van der Waals surface area contributed by atoms with Crippen LogP contribution in [-0.4, -0.2) is 53.7 Å². The number of benzene rings is 1. The number of carboxylic acids is 1. The molecule has 1 aromatic rings. The van der Waals surface area contributed by atoms with Crippen LogP contribution >= 0.6 is 0 Å². The molecule has 0 bridgehead atoms. The van der Waals surface area contributed by atoms with Crippen molar-refractivity contribution in [3.05, 3.63) is 35.9 Å². The predicted molar refractivity (Wildman–Crippen MR) is 81.8 cm³/mol. The fraction of sp³-hybridized carbons (Fsp3) is 0.500. The maximum Gasteiger partial charge on any atom is 0.328 e. The van der Waals surface area contributed by atoms with E-state index >= 15 is 0 Å². The molecule has 0 radical (unpaired) electrons. The molecular formula is C16H20F2N2O4. The van der Waals surface area contributed by atoms with E-state index in [-0.39, 0.29) is 26.3 Å². The van der Waals surface area contributed by atoms with Crippen molar-refractivity contribution in [2.45, 2.75) is 31.4 Å². The number of hydrogen-bond donors (Lipinski definition) is 2. The van der Waals surface area contributed by atoms with Crippen molar-refractivity contribution in [1.82, 2.24) is 10.2 Å². The molecule has 1 heterocycles. The normalized spacial score (nSPS) is 18.0. The standard InChI is InChI=1S/C16H20F2N2O4/c17-16(18)6-8-20(9-7-16)15(23)19-13(14(21)22)11-24-10-12-4-2-1-3-5-12/h1-5,13H,6-11H2,(H,19,23)(H,21,22). The minimum atomic E-state index is -2.76. The van der Waals surface area contributed by atoms with Crippen molar-refractivity contribution >= 4 is 12.0 Å². The number of nitrogens with zero attached hydrogens (tertiary/aromatic N) is 1. The molecule has 8 heteroatoms. The van der Waals surface area contributed by atoms with Crippen molar-refractivity contribution < 1.29 is 28.2 Å². The van der Waals surface area contributed by atoms with E-state index in [2.05, 4.69) is 5.32 Å². The van der Waals surface area contributed by atoms with Crippen LogP contribution in [0.2, 0.25) is 0 Å². The monoisotopic (exact) mass is 342 g/mol. The Balaban J connectivity index is 1.80. The molecule has 1 aliphatic rings. The first kappa shape index (κ1) is 18.1. The van der Waals surface area contributed by atoms with E-state index in [4.69, 9.17) is 9.84 Å². The molecule has 0 saturated carbocycles. The topological polar surface area (TPSA) is 78.9 Å². The second kappa shape index (κ2) is 8.05. The Hall–Kier alpha value is -2.22. The molecule has 2 rings (SSSR count). The van der Waals surface area contributed by atoms with Gasteiger partial charge in [0.25, 0.3) is 5.92 Å². The van der Waals surface area contributed by atoms with Crippen molar-refractivity contribution in [3.63, 3.8) is 0 Å². The SMILES string of the molecule is O=C(O)C(COCc1ccccc1)NC(=O)N1CCC(F)(F)CC1. The van der Waals surface area contributed by atoms with E-state index in [0.29, 0.717) is 0 Å². The van der Waals surface area contributed by atoms with Gasteiger partial charge < -0.3 is 20.1 Å². The quantitative estimate of drug-likeness (QED) is 0.830. The Bertz CT molecular complexity index is 558. The lowest BCUT2D eigenvalue weighted by atomic mass is 10.1. The minimum Gasteiger partial charge on any atom is -0.480 e. The van der Waals surface area contributed by atoms with E-state index in [1.54, 1.807) is 0 Å². The highest BCUT2D eigenvalue weighted by atomic mass is 19.3. The number of carbonyl (C=O) groups excluding carboxylic acids is 1. The summed E-state index contributed by atoms with van der Waals surface area (Å²) in [5.41, 5.74) is 0.881. The van der Waals surface area contributed by atoms with Crippen molar-refractivity contribution in [1.29, 1.82) is 0 Å². The zero-order valence-corrected chi connectivity index (χ0v) is 13.1. The largest absolute Gasteiger partial charge is 0.480 e. The van der Waals surface area contributed by atoms with Gasteiger partial charge in [0.2, 0.25) is 0 Å². The molecule has 1 unspecified atom stereocenters. The molecule has 1 saturated heterocycles. The van der Waals surface area contributed by atoms with E-state index in [0.717, 1.165) is 5.56 Å². The molecule has 1 atom stereocenters. The van der Waals surface area contributed by atoms with Gasteiger partial charge in [-0.3, -0.25) is 0 Å². The van der Waals surface area contributed by atoms with Crippen LogP contribution in [0.25, 0.3) is 0 Å². The average Bonchev–Trinajstić information content (AvgIpc) is 2.54. The number of amides is 2. The van der Waals surface area contributed by atoms with Gasteiger partial charge in [0.05, 0.1) is 13.2 Å². The van der Waals surface area contributed by atoms with Gasteiger partial charge in [0, 0.05) is 25.9 Å². The van der Waals surface area contributed by atoms with Crippen molar-refractivity contribution in [2.24, 2.45) is 0 Å². The number of carboxylic acid groups (broad SMARTS) is 1. The highest BCUT2D eigenvalue weighted by Gasteiger charge is 2.36. The molecule has 132 valence electrons. The number of ether oxygens (including phenoxy) is 1. The van der Waals surface area contributed by atoms with Gasteiger partial charge in [0.1, 0.15) is 0 Å². The third-order valence-corrected chi connectivity index (χ3v) is 3.77. The Labute approximate surface area is 138 Å². The van der Waals surface area contributed by atoms with Crippen LogP contribution < -0.4 is 5.32 Å². The van der Waals surface area contributed by atoms with Crippen LogP contribution in [0.15, 0.2) is 30.3 Å². The van der Waals surface area contributed by atoms with Crippen LogP contribution in [0.1, 0.15) is 18.4 Å². The number of likely N-dealkylation sites (tertiary alicyclic amines) is 1. The third kappa shape index (κ3) is 5.45. The molecular weight excluding hydrogens is 322 g/mol. The first-order valence-corrected chi connectivity index (χ1v) is 7.65. The first-order valence-electron chi connectivity index (χ1n) is 7.65. The number of rotatable bonds is 6. The summed E-state index contributed by atoms with van der Waals surface area (Å²) < 4.78 is 31.5. The number of hydrogen-bond acceptors (Lipinski definition) is 3. The van der Waals surface area contributed by atoms with Crippen LogP contribution in [0.5, 0.6) is 0 Å². The van der Waals surface area contributed by atoms with Gasteiger partial charge in [-0.15, -0.1) is 0 Å². The second-order valence-electron chi connectivity index (χ2n) is 5.68. The van der Waals surface area contributed by atoms with Crippen LogP contribution in [0.3, 0.4) is 0 Å². The maximum absolute atomic E-state index is 13.1. The van der Waals surface area contributed by atoms with E-state index in [9.17, 15) is 18.4 Å². The fourth-order valence-corrected chi connectivity index (χ4v) is 2.32. The van der Waals surface area contributed by atoms with Crippen LogP contribution in [0.4, 0.5) is 13.6 Å². The minimum absolute atomic E-state index is 0.101. The third-order valence-electron chi connectivity index (χ3n) is 3.77. The van der Waals surface area contributed by atoms with Gasteiger partial charge in [-0.05, 0) is 5.56 Å². The van der Waals surface area contributed by atoms with E-state index < -0.39 is 36.8 Å². The number of aliphatic carboxylic acids is 1. The summed E-state index contributed by atoms with van der Waals surface area (Å²) >= 11 is 0. The summed E-state index contributed by atoms with van der Waals surface area (Å²) in [6.07, 6.45) is -0.828. The lowest BCUT2D eigenvalue weighted by Gasteiger charge is -2.32. The van der Waals surface area contributed by atoms with Crippen molar-refractivity contribution in [3.8, 4) is 0 Å². The molecule has 2 N–H and O–H groups in total. The lowest BCUT2D eigenvalue weighted by molar-refractivity contribution is -0.141. The zero-order valence-electron chi connectivity index (χ0n) is 13.1. The van der Waals surface area contributed by atoms with Gasteiger partial charge in [-0.1, -0.05) is 30.3 Å². The number of carbonyl (C=O) groups is 2. The van der Waals surface area contributed by atoms with Gasteiger partial charge >= 0.3 is 12.0 Å². The fourth-order valence-electron chi connectivity index (χ4n) is 2.32. The molecule has 0 aliphatic carbocycles. The molecule has 0 spiro atoms. The number of nitrogens with one attached hydrogen (secondary N) is 1. The van der Waals surface area contributed by atoms with Crippen LogP contribution in [0, 0.1) is 0 Å². The molecule has 24 heavy (non-hydrogen) atoms. The maximum atomic E-state index is 13.1. The molecule has 1 aliphatic heterocycles. The smallest absolute Gasteiger partial charge is 0.328 e. The van der Waals surface area contributed by atoms with Gasteiger partial charge in [-0.25, -0.2) is 18.4 Å². The first-order chi connectivity index (χ1) is 11.4. The summed E-state index contributed by atoms with van der Waals surface area (Å²) in [6, 6.07) is 7.30. The number of alkyl halides is 2. The Kier molecular flexibility index (Phi) is 6.08. The van der Waals surface area contributed by atoms with Gasteiger partial charge in [-0.2, -0.15) is 0 Å². The summed E-state index contributed by atoms with van der Waals surface area (Å²) in [4.78, 5) is 24.4. The summed E-state index contributed by atoms with van der Waals surface area (Å²) in [5, 5.41) is 11.5. The Morgan fingerprint density at radius 1 is 1.25 bits per heavy atom. The molecule has 1 fully saturated rings. The van der Waals surface area contributed by atoms with Crippen LogP contribution in [-0.2, 0) is 16.1 Å². The molecule has 1 aromatic carbocycles. The number of halogens is 2. The lowest BCUT2D eigenvalue weighted by Crippen LogP contribution is -2.52. The highest BCUT2D eigenvalue weighted by molar-refractivity contribution is 5.82. The second-order valence-corrected chi connectivity index (χ2v) is 5.68. The van der Waals surface area contributed by atoms with E-state index in [1.165, 1.54) is 4.90 Å². The van der Waals surface area contributed by atoms with Gasteiger partial charge in [0.15, 0.2) is 6.04 Å². The average molecular weight is 342 g/mol.